The van der Waals surface area contributed by atoms with Gasteiger partial charge in [-0.05, 0) is 48.8 Å². The molecule has 26 heavy (non-hydrogen) atoms. The predicted molar refractivity (Wildman–Crippen MR) is 101 cm³/mol. The summed E-state index contributed by atoms with van der Waals surface area (Å²) in [5.41, 5.74) is 4.95. The Hall–Kier alpha value is -2.12. The van der Waals surface area contributed by atoms with E-state index in [0.717, 1.165) is 36.1 Å². The highest BCUT2D eigenvalue weighted by molar-refractivity contribution is 6.65. The number of methoxy groups -OCH3 is 1. The number of hydrogen-bond donors (Lipinski definition) is 1. The summed E-state index contributed by atoms with van der Waals surface area (Å²) in [4.78, 5) is 19.4. The van der Waals surface area contributed by atoms with Crippen molar-refractivity contribution in [2.45, 2.75) is 45.7 Å². The Morgan fingerprint density at radius 3 is 2.88 bits per heavy atom. The largest absolute Gasteiger partial charge is 0.446 e. The smallest absolute Gasteiger partial charge is 0.320 e. The van der Waals surface area contributed by atoms with Crippen LogP contribution in [0.5, 0.6) is 0 Å². The van der Waals surface area contributed by atoms with Gasteiger partial charge in [0.1, 0.15) is 11.5 Å². The fraction of sp³-hybridized carbons (Fsp3) is 0.474. The molecule has 2 aliphatic rings. The van der Waals surface area contributed by atoms with Crippen LogP contribution in [-0.4, -0.2) is 41.1 Å². The fourth-order valence-corrected chi connectivity index (χ4v) is 4.25. The zero-order valence-electron chi connectivity index (χ0n) is 15.4. The molecular weight excluding hydrogens is 329 g/mol. The van der Waals surface area contributed by atoms with Crippen molar-refractivity contribution in [3.05, 3.63) is 40.8 Å². The number of amides is 1. The van der Waals surface area contributed by atoms with E-state index in [0.29, 0.717) is 19.0 Å². The lowest BCUT2D eigenvalue weighted by atomic mass is 9.63. The first-order valence-corrected chi connectivity index (χ1v) is 9.29. The SMILES string of the molecule is COCc1c(B(C)O)ccnc1N1CCn2c(cc3c2CCCC3)C1=O. The first-order valence-electron chi connectivity index (χ1n) is 9.29. The maximum atomic E-state index is 13.2. The van der Waals surface area contributed by atoms with Crippen molar-refractivity contribution in [1.82, 2.24) is 9.55 Å². The van der Waals surface area contributed by atoms with Gasteiger partial charge in [0.25, 0.3) is 5.91 Å². The van der Waals surface area contributed by atoms with Crippen molar-refractivity contribution in [3.8, 4) is 0 Å². The van der Waals surface area contributed by atoms with Crippen molar-refractivity contribution in [2.24, 2.45) is 0 Å². The average molecular weight is 353 g/mol. The number of carbonyl (C=O) groups is 1. The molecule has 1 aliphatic heterocycles. The summed E-state index contributed by atoms with van der Waals surface area (Å²) in [5, 5.41) is 10.1. The molecule has 0 aromatic carbocycles. The van der Waals surface area contributed by atoms with E-state index < -0.39 is 6.92 Å². The second-order valence-corrected chi connectivity index (χ2v) is 7.13. The van der Waals surface area contributed by atoms with Crippen LogP contribution in [0.1, 0.15) is 40.2 Å². The second-order valence-electron chi connectivity index (χ2n) is 7.13. The minimum Gasteiger partial charge on any atom is -0.446 e. The van der Waals surface area contributed by atoms with Crippen LogP contribution in [0.25, 0.3) is 0 Å². The van der Waals surface area contributed by atoms with Gasteiger partial charge < -0.3 is 14.3 Å². The number of aromatic nitrogens is 2. The van der Waals surface area contributed by atoms with Crippen LogP contribution >= 0.6 is 0 Å². The average Bonchev–Trinajstić information content (AvgIpc) is 3.02. The van der Waals surface area contributed by atoms with Gasteiger partial charge in [0.05, 0.1) is 6.61 Å². The van der Waals surface area contributed by atoms with Gasteiger partial charge in [-0.3, -0.25) is 9.69 Å². The Bertz CT molecular complexity index is 847. The number of ether oxygens (including phenoxy) is 1. The molecule has 3 heterocycles. The fourth-order valence-electron chi connectivity index (χ4n) is 4.25. The Balaban J connectivity index is 1.75. The highest BCUT2D eigenvalue weighted by atomic mass is 16.5. The molecule has 0 saturated heterocycles. The standard InChI is InChI=1S/C19H24BN3O3/c1-20(25)15-7-8-21-18(14(15)12-26-2)23-10-9-22-16-6-4-3-5-13(16)11-17(22)19(23)24/h7-8,11,25H,3-6,9-10,12H2,1-2H3. The number of carbonyl (C=O) groups excluding carboxylic acids is 1. The lowest BCUT2D eigenvalue weighted by Crippen LogP contribution is -2.43. The highest BCUT2D eigenvalue weighted by Crippen LogP contribution is 2.30. The van der Waals surface area contributed by atoms with E-state index in [9.17, 15) is 9.82 Å². The van der Waals surface area contributed by atoms with Crippen LogP contribution in [0.3, 0.4) is 0 Å². The van der Waals surface area contributed by atoms with Crippen molar-refractivity contribution in [1.29, 1.82) is 0 Å². The van der Waals surface area contributed by atoms with Crippen molar-refractivity contribution in [2.75, 3.05) is 18.6 Å². The van der Waals surface area contributed by atoms with E-state index in [1.807, 2.05) is 0 Å². The first-order chi connectivity index (χ1) is 12.6. The summed E-state index contributed by atoms with van der Waals surface area (Å²) in [6.45, 7) is 2.75. The minimum atomic E-state index is -0.641. The summed E-state index contributed by atoms with van der Waals surface area (Å²) in [7, 11) is 1.61. The van der Waals surface area contributed by atoms with Gasteiger partial charge in [-0.2, -0.15) is 0 Å². The van der Waals surface area contributed by atoms with E-state index in [1.54, 1.807) is 31.1 Å². The molecule has 0 unspecified atom stereocenters. The molecule has 1 N–H and O–H groups in total. The third kappa shape index (κ3) is 2.75. The molecule has 7 heteroatoms. The van der Waals surface area contributed by atoms with Crippen molar-refractivity contribution < 1.29 is 14.6 Å². The lowest BCUT2D eigenvalue weighted by Gasteiger charge is -2.31. The zero-order valence-corrected chi connectivity index (χ0v) is 15.4. The van der Waals surface area contributed by atoms with Crippen LogP contribution in [0.15, 0.2) is 18.3 Å². The molecule has 136 valence electrons. The van der Waals surface area contributed by atoms with E-state index in [2.05, 4.69) is 15.6 Å². The van der Waals surface area contributed by atoms with Gasteiger partial charge in [-0.25, -0.2) is 4.98 Å². The van der Waals surface area contributed by atoms with E-state index in [-0.39, 0.29) is 5.91 Å². The molecule has 1 amide bonds. The zero-order chi connectivity index (χ0) is 18.3. The van der Waals surface area contributed by atoms with Gasteiger partial charge in [-0.1, -0.05) is 6.82 Å². The van der Waals surface area contributed by atoms with E-state index >= 15 is 0 Å². The summed E-state index contributed by atoms with van der Waals surface area (Å²) >= 11 is 0. The molecule has 0 atom stereocenters. The normalized spacial score (nSPS) is 16.4. The number of fused-ring (bicyclic) bond motifs is 3. The number of hydrogen-bond acceptors (Lipinski definition) is 4. The van der Waals surface area contributed by atoms with Crippen molar-refractivity contribution >= 4 is 24.1 Å². The first kappa shape index (κ1) is 17.3. The predicted octanol–water partition coefficient (Wildman–Crippen LogP) is 1.39. The monoisotopic (exact) mass is 353 g/mol. The molecule has 0 radical (unpaired) electrons. The lowest BCUT2D eigenvalue weighted by molar-refractivity contribution is 0.0963. The summed E-state index contributed by atoms with van der Waals surface area (Å²) in [5.74, 6) is 0.582. The molecule has 0 fully saturated rings. The molecule has 0 spiro atoms. The summed E-state index contributed by atoms with van der Waals surface area (Å²) in [6.07, 6.45) is 6.18. The molecule has 6 nitrogen and oxygen atoms in total. The maximum absolute atomic E-state index is 13.2. The highest BCUT2D eigenvalue weighted by Gasteiger charge is 2.32. The molecule has 2 aromatic heterocycles. The number of nitrogens with zero attached hydrogens (tertiary/aromatic N) is 3. The van der Waals surface area contributed by atoms with Gasteiger partial charge in [0.15, 0.2) is 0 Å². The quantitative estimate of drug-likeness (QED) is 0.844. The molecular formula is C19H24BN3O3. The van der Waals surface area contributed by atoms with Crippen LogP contribution < -0.4 is 10.4 Å². The molecule has 0 bridgehead atoms. The van der Waals surface area contributed by atoms with Gasteiger partial charge in [0.2, 0.25) is 0 Å². The number of pyridine rings is 1. The summed E-state index contributed by atoms with van der Waals surface area (Å²) < 4.78 is 7.52. The minimum absolute atomic E-state index is 0.0155. The molecule has 2 aromatic rings. The molecule has 0 saturated carbocycles. The summed E-state index contributed by atoms with van der Waals surface area (Å²) in [6, 6.07) is 3.86. The number of aryl methyl sites for hydroxylation is 1. The maximum Gasteiger partial charge on any atom is 0.320 e. The third-order valence-corrected chi connectivity index (χ3v) is 5.48. The van der Waals surface area contributed by atoms with Gasteiger partial charge >= 0.3 is 6.92 Å². The Kier molecular flexibility index (Phi) is 4.59. The van der Waals surface area contributed by atoms with Crippen molar-refractivity contribution in [3.63, 3.8) is 0 Å². The van der Waals surface area contributed by atoms with Gasteiger partial charge in [-0.15, -0.1) is 0 Å². The van der Waals surface area contributed by atoms with Crippen LogP contribution in [-0.2, 0) is 30.7 Å². The molecule has 4 rings (SSSR count). The van der Waals surface area contributed by atoms with E-state index in [1.165, 1.54) is 24.1 Å². The number of anilines is 1. The van der Waals surface area contributed by atoms with E-state index in [4.69, 9.17) is 4.74 Å². The second kappa shape index (κ2) is 6.89. The Labute approximate surface area is 153 Å². The Morgan fingerprint density at radius 1 is 1.31 bits per heavy atom. The third-order valence-electron chi connectivity index (χ3n) is 5.48. The Morgan fingerprint density at radius 2 is 2.12 bits per heavy atom. The van der Waals surface area contributed by atoms with Crippen LogP contribution in [0.2, 0.25) is 6.82 Å². The van der Waals surface area contributed by atoms with Gasteiger partial charge in [0, 0.05) is 37.7 Å². The molecule has 1 aliphatic carbocycles. The van der Waals surface area contributed by atoms with Crippen LogP contribution in [0, 0.1) is 0 Å². The number of rotatable bonds is 4. The van der Waals surface area contributed by atoms with Crippen LogP contribution in [0.4, 0.5) is 5.82 Å². The topological polar surface area (TPSA) is 67.6 Å².